The lowest BCUT2D eigenvalue weighted by Gasteiger charge is -2.15. The van der Waals surface area contributed by atoms with E-state index in [0.717, 1.165) is 0 Å². The van der Waals surface area contributed by atoms with E-state index in [1.54, 1.807) is 23.5 Å². The van der Waals surface area contributed by atoms with Gasteiger partial charge in [-0.15, -0.1) is 11.3 Å². The van der Waals surface area contributed by atoms with Crippen molar-refractivity contribution in [2.75, 3.05) is 11.9 Å². The first-order valence-corrected chi connectivity index (χ1v) is 8.98. The van der Waals surface area contributed by atoms with Crippen molar-refractivity contribution in [1.82, 2.24) is 0 Å². The van der Waals surface area contributed by atoms with E-state index in [-0.39, 0.29) is 24.3 Å². The lowest BCUT2D eigenvalue weighted by atomic mass is 10.0. The number of thiophene rings is 1. The van der Waals surface area contributed by atoms with Crippen LogP contribution in [0.2, 0.25) is 0 Å². The van der Waals surface area contributed by atoms with Gasteiger partial charge in [0.1, 0.15) is 11.9 Å². The summed E-state index contributed by atoms with van der Waals surface area (Å²) in [6.07, 6.45) is 0. The summed E-state index contributed by atoms with van der Waals surface area (Å²) in [5, 5.41) is 6.86. The van der Waals surface area contributed by atoms with Crippen molar-refractivity contribution in [3.8, 4) is 0 Å². The monoisotopic (exact) mass is 355 g/mol. The van der Waals surface area contributed by atoms with Gasteiger partial charge in [-0.1, -0.05) is 35.9 Å². The molecule has 0 radical (unpaired) electrons. The molecular formula is C20H20FN2OS+. The Morgan fingerprint density at radius 1 is 1.12 bits per heavy atom. The predicted octanol–water partition coefficient (Wildman–Crippen LogP) is 3.49. The van der Waals surface area contributed by atoms with Crippen LogP contribution in [0.25, 0.3) is 0 Å². The fraction of sp³-hybridized carbons (Fsp3) is 0.150. The Kier molecular flexibility index (Phi) is 5.58. The molecule has 1 amide bonds. The number of amides is 1. The number of benzene rings is 2. The summed E-state index contributed by atoms with van der Waals surface area (Å²) in [6, 6.07) is 18.4. The minimum absolute atomic E-state index is 0.0829. The van der Waals surface area contributed by atoms with Crippen molar-refractivity contribution < 1.29 is 14.5 Å². The molecule has 1 heterocycles. The highest BCUT2D eigenvalue weighted by atomic mass is 32.1. The summed E-state index contributed by atoms with van der Waals surface area (Å²) in [4.78, 5) is 13.4. The molecule has 0 aliphatic rings. The molecule has 0 saturated carbocycles. The van der Waals surface area contributed by atoms with Gasteiger partial charge >= 0.3 is 0 Å². The van der Waals surface area contributed by atoms with Crippen LogP contribution in [0.3, 0.4) is 0 Å². The van der Waals surface area contributed by atoms with Gasteiger partial charge in [0.15, 0.2) is 6.54 Å². The number of carbonyl (C=O) groups is 1. The minimum Gasteiger partial charge on any atom is -0.328 e. The predicted molar refractivity (Wildman–Crippen MR) is 99.2 cm³/mol. The van der Waals surface area contributed by atoms with E-state index in [1.807, 2.05) is 16.8 Å². The van der Waals surface area contributed by atoms with Crippen molar-refractivity contribution in [3.05, 3.63) is 87.9 Å². The largest absolute Gasteiger partial charge is 0.328 e. The molecule has 0 saturated heterocycles. The topological polar surface area (TPSA) is 45.7 Å². The first kappa shape index (κ1) is 17.3. The maximum Gasteiger partial charge on any atom is 0.279 e. The molecule has 3 nitrogen and oxygen atoms in total. The molecule has 0 aliphatic carbocycles. The molecule has 25 heavy (non-hydrogen) atoms. The van der Waals surface area contributed by atoms with Crippen LogP contribution in [-0.2, 0) is 4.79 Å². The van der Waals surface area contributed by atoms with E-state index in [2.05, 4.69) is 42.6 Å². The Hall–Kier alpha value is -2.50. The fourth-order valence-electron chi connectivity index (χ4n) is 2.63. The Labute approximate surface area is 150 Å². The molecule has 0 aliphatic heterocycles. The average Bonchev–Trinajstić information content (AvgIpc) is 3.13. The second-order valence-corrected chi connectivity index (χ2v) is 6.88. The van der Waals surface area contributed by atoms with Crippen LogP contribution in [0.4, 0.5) is 10.1 Å². The van der Waals surface area contributed by atoms with Gasteiger partial charge in [-0.2, -0.15) is 0 Å². The molecule has 1 atom stereocenters. The lowest BCUT2D eigenvalue weighted by Crippen LogP contribution is -2.87. The number of carbonyl (C=O) groups excluding carboxylic acids is 1. The molecular weight excluding hydrogens is 335 g/mol. The molecule has 1 aromatic heterocycles. The van der Waals surface area contributed by atoms with Gasteiger partial charge in [-0.25, -0.2) is 4.39 Å². The maximum absolute atomic E-state index is 12.9. The third-order valence-corrected chi connectivity index (χ3v) is 4.91. The summed E-state index contributed by atoms with van der Waals surface area (Å²) in [6.45, 7) is 2.34. The van der Waals surface area contributed by atoms with Crippen molar-refractivity contribution in [3.63, 3.8) is 0 Å². The number of nitrogens with one attached hydrogen (secondary N) is 1. The second kappa shape index (κ2) is 8.05. The van der Waals surface area contributed by atoms with Gasteiger partial charge in [0, 0.05) is 11.3 Å². The Morgan fingerprint density at radius 2 is 1.84 bits per heavy atom. The van der Waals surface area contributed by atoms with Crippen LogP contribution in [0.1, 0.15) is 22.0 Å². The van der Waals surface area contributed by atoms with Gasteiger partial charge in [0.2, 0.25) is 0 Å². The zero-order chi connectivity index (χ0) is 17.6. The zero-order valence-electron chi connectivity index (χ0n) is 13.9. The van der Waals surface area contributed by atoms with Crippen LogP contribution in [0, 0.1) is 12.7 Å². The number of halogens is 1. The molecule has 0 spiro atoms. The molecule has 3 rings (SSSR count). The standard InChI is InChI=1S/C20H19FN2OS/c1-14-4-6-15(7-5-14)20(18-3-2-12-25-18)22-13-19(24)23-17-10-8-16(21)9-11-17/h2-12,20,22H,13H2,1H3,(H,23,24)/p+1/t20-/m0/s1. The highest BCUT2D eigenvalue weighted by Gasteiger charge is 2.20. The van der Waals surface area contributed by atoms with E-state index in [1.165, 1.54) is 28.1 Å². The maximum atomic E-state index is 12.9. The van der Waals surface area contributed by atoms with Gasteiger partial charge in [0.25, 0.3) is 5.91 Å². The molecule has 0 fully saturated rings. The number of aryl methyl sites for hydroxylation is 1. The normalized spacial score (nSPS) is 11.9. The Morgan fingerprint density at radius 3 is 2.48 bits per heavy atom. The molecule has 5 heteroatoms. The molecule has 0 bridgehead atoms. The van der Waals surface area contributed by atoms with E-state index in [4.69, 9.17) is 0 Å². The number of hydrogen-bond acceptors (Lipinski definition) is 2. The molecule has 3 N–H and O–H groups in total. The smallest absolute Gasteiger partial charge is 0.279 e. The average molecular weight is 355 g/mol. The summed E-state index contributed by atoms with van der Waals surface area (Å²) in [5.41, 5.74) is 2.98. The van der Waals surface area contributed by atoms with Gasteiger partial charge in [-0.3, -0.25) is 4.79 Å². The molecule has 2 aromatic carbocycles. The molecule has 128 valence electrons. The third kappa shape index (κ3) is 4.75. The number of nitrogens with two attached hydrogens (primary N) is 1. The van der Waals surface area contributed by atoms with Gasteiger partial charge < -0.3 is 10.6 Å². The summed E-state index contributed by atoms with van der Waals surface area (Å²) < 4.78 is 12.9. The number of quaternary nitrogens is 1. The first-order chi connectivity index (χ1) is 12.1. The second-order valence-electron chi connectivity index (χ2n) is 5.90. The zero-order valence-corrected chi connectivity index (χ0v) is 14.7. The Bertz CT molecular complexity index is 814. The van der Waals surface area contributed by atoms with Crippen LogP contribution in [0.5, 0.6) is 0 Å². The lowest BCUT2D eigenvalue weighted by molar-refractivity contribution is -0.675. The third-order valence-electron chi connectivity index (χ3n) is 3.95. The highest BCUT2D eigenvalue weighted by Crippen LogP contribution is 2.23. The minimum atomic E-state index is -0.318. The van der Waals surface area contributed by atoms with E-state index in [9.17, 15) is 9.18 Å². The summed E-state index contributed by atoms with van der Waals surface area (Å²) >= 11 is 1.68. The first-order valence-electron chi connectivity index (χ1n) is 8.10. The summed E-state index contributed by atoms with van der Waals surface area (Å²) in [7, 11) is 0. The van der Waals surface area contributed by atoms with Crippen LogP contribution in [-0.4, -0.2) is 12.5 Å². The SMILES string of the molecule is Cc1ccc([C@H]([NH2+]CC(=O)Nc2ccc(F)cc2)c2cccs2)cc1. The van der Waals surface area contributed by atoms with Crippen LogP contribution >= 0.6 is 11.3 Å². The van der Waals surface area contributed by atoms with Crippen molar-refractivity contribution in [2.45, 2.75) is 13.0 Å². The highest BCUT2D eigenvalue weighted by molar-refractivity contribution is 7.10. The fourth-order valence-corrected chi connectivity index (χ4v) is 3.48. The molecule has 0 unspecified atom stereocenters. The Balaban J connectivity index is 1.67. The van der Waals surface area contributed by atoms with Crippen LogP contribution < -0.4 is 10.6 Å². The number of anilines is 1. The van der Waals surface area contributed by atoms with E-state index in [0.29, 0.717) is 5.69 Å². The van der Waals surface area contributed by atoms with Crippen molar-refractivity contribution in [1.29, 1.82) is 0 Å². The van der Waals surface area contributed by atoms with Gasteiger partial charge in [0.05, 0.1) is 4.88 Å². The van der Waals surface area contributed by atoms with Crippen molar-refractivity contribution in [2.24, 2.45) is 0 Å². The van der Waals surface area contributed by atoms with Gasteiger partial charge in [-0.05, 0) is 42.6 Å². The number of hydrogen-bond donors (Lipinski definition) is 2. The quantitative estimate of drug-likeness (QED) is 0.699. The summed E-state index contributed by atoms with van der Waals surface area (Å²) in [5.74, 6) is -0.429. The molecule has 3 aromatic rings. The van der Waals surface area contributed by atoms with Crippen LogP contribution in [0.15, 0.2) is 66.0 Å². The van der Waals surface area contributed by atoms with E-state index < -0.39 is 0 Å². The van der Waals surface area contributed by atoms with E-state index >= 15 is 0 Å². The number of rotatable bonds is 6. The van der Waals surface area contributed by atoms with Crippen molar-refractivity contribution >= 4 is 22.9 Å².